The number of anilines is 1. The highest BCUT2D eigenvalue weighted by Crippen LogP contribution is 2.13. The molecule has 0 aliphatic rings. The van der Waals surface area contributed by atoms with Gasteiger partial charge in [0.2, 0.25) is 11.8 Å². The Morgan fingerprint density at radius 1 is 0.963 bits per heavy atom. The van der Waals surface area contributed by atoms with E-state index in [-0.39, 0.29) is 12.3 Å². The van der Waals surface area contributed by atoms with Crippen LogP contribution in [0.5, 0.6) is 5.75 Å². The number of rotatable bonds is 8. The lowest BCUT2D eigenvalue weighted by Gasteiger charge is -2.08. The molecular formula is C20H22N2O5. The van der Waals surface area contributed by atoms with Gasteiger partial charge in [-0.15, -0.1) is 0 Å². The van der Waals surface area contributed by atoms with Crippen LogP contribution in [0.3, 0.4) is 0 Å². The molecule has 0 aromatic heterocycles. The first-order valence-corrected chi connectivity index (χ1v) is 8.39. The predicted octanol–water partition coefficient (Wildman–Crippen LogP) is 2.17. The zero-order chi connectivity index (χ0) is 19.6. The highest BCUT2D eigenvalue weighted by molar-refractivity contribution is 6.03. The highest BCUT2D eigenvalue weighted by atomic mass is 16.5. The third kappa shape index (κ3) is 6.47. The Labute approximate surface area is 157 Å². The SMILES string of the molecule is COC(=O)c1ccc(NC(=O)CC(=O)NCCc2cccc(OC)c2)cc1. The van der Waals surface area contributed by atoms with Gasteiger partial charge in [0.15, 0.2) is 0 Å². The molecule has 2 aromatic carbocycles. The number of hydrogen-bond donors (Lipinski definition) is 2. The van der Waals surface area contributed by atoms with Gasteiger partial charge in [0.05, 0.1) is 19.8 Å². The minimum absolute atomic E-state index is 0.281. The van der Waals surface area contributed by atoms with Crippen molar-refractivity contribution in [1.82, 2.24) is 5.32 Å². The Balaban J connectivity index is 1.74. The van der Waals surface area contributed by atoms with Crippen molar-refractivity contribution in [1.29, 1.82) is 0 Å². The number of methoxy groups -OCH3 is 2. The second-order valence-corrected chi connectivity index (χ2v) is 5.75. The molecule has 0 unspecified atom stereocenters. The molecule has 0 aliphatic heterocycles. The average molecular weight is 370 g/mol. The van der Waals surface area contributed by atoms with E-state index in [0.29, 0.717) is 24.2 Å². The molecule has 0 spiro atoms. The summed E-state index contributed by atoms with van der Waals surface area (Å²) in [5, 5.41) is 5.33. The van der Waals surface area contributed by atoms with E-state index >= 15 is 0 Å². The van der Waals surface area contributed by atoms with Crippen molar-refractivity contribution in [2.45, 2.75) is 12.8 Å². The fourth-order valence-corrected chi connectivity index (χ4v) is 2.40. The average Bonchev–Trinajstić information content (AvgIpc) is 2.68. The van der Waals surface area contributed by atoms with Crippen molar-refractivity contribution in [2.24, 2.45) is 0 Å². The van der Waals surface area contributed by atoms with Crippen LogP contribution >= 0.6 is 0 Å². The van der Waals surface area contributed by atoms with Crippen molar-refractivity contribution in [3.8, 4) is 5.75 Å². The first-order valence-electron chi connectivity index (χ1n) is 8.39. The standard InChI is InChI=1S/C20H22N2O5/c1-26-17-5-3-4-14(12-17)10-11-21-18(23)13-19(24)22-16-8-6-15(7-9-16)20(25)27-2/h3-9,12H,10-11,13H2,1-2H3,(H,21,23)(H,22,24). The maximum Gasteiger partial charge on any atom is 0.337 e. The first-order chi connectivity index (χ1) is 13.0. The predicted molar refractivity (Wildman–Crippen MR) is 101 cm³/mol. The van der Waals surface area contributed by atoms with Crippen LogP contribution in [0, 0.1) is 0 Å². The van der Waals surface area contributed by atoms with E-state index in [2.05, 4.69) is 15.4 Å². The molecule has 0 bridgehead atoms. The van der Waals surface area contributed by atoms with Gasteiger partial charge < -0.3 is 20.1 Å². The summed E-state index contributed by atoms with van der Waals surface area (Å²) in [5.41, 5.74) is 1.91. The largest absolute Gasteiger partial charge is 0.497 e. The number of benzene rings is 2. The van der Waals surface area contributed by atoms with Crippen molar-refractivity contribution in [3.63, 3.8) is 0 Å². The van der Waals surface area contributed by atoms with Crippen LogP contribution in [0.1, 0.15) is 22.3 Å². The topological polar surface area (TPSA) is 93.7 Å². The number of carbonyl (C=O) groups is 3. The molecule has 0 fully saturated rings. The van der Waals surface area contributed by atoms with E-state index in [1.165, 1.54) is 19.2 Å². The lowest BCUT2D eigenvalue weighted by molar-refractivity contribution is -0.126. The third-order valence-corrected chi connectivity index (χ3v) is 3.78. The molecular weight excluding hydrogens is 348 g/mol. The Morgan fingerprint density at radius 3 is 2.37 bits per heavy atom. The monoisotopic (exact) mass is 370 g/mol. The molecule has 2 aromatic rings. The van der Waals surface area contributed by atoms with Crippen LogP contribution in [-0.2, 0) is 20.7 Å². The van der Waals surface area contributed by atoms with Crippen molar-refractivity contribution in [2.75, 3.05) is 26.1 Å². The number of hydrogen-bond acceptors (Lipinski definition) is 5. The second-order valence-electron chi connectivity index (χ2n) is 5.75. The summed E-state index contributed by atoms with van der Waals surface area (Å²) >= 11 is 0. The van der Waals surface area contributed by atoms with Gasteiger partial charge in [0.25, 0.3) is 0 Å². The molecule has 0 atom stereocenters. The van der Waals surface area contributed by atoms with Crippen LogP contribution in [0.4, 0.5) is 5.69 Å². The van der Waals surface area contributed by atoms with Crippen LogP contribution < -0.4 is 15.4 Å². The smallest absolute Gasteiger partial charge is 0.337 e. The Morgan fingerprint density at radius 2 is 1.70 bits per heavy atom. The summed E-state index contributed by atoms with van der Waals surface area (Å²) in [4.78, 5) is 35.2. The van der Waals surface area contributed by atoms with Crippen molar-refractivity contribution < 1.29 is 23.9 Å². The molecule has 142 valence electrons. The summed E-state index contributed by atoms with van der Waals surface area (Å²) in [6, 6.07) is 13.8. The summed E-state index contributed by atoms with van der Waals surface area (Å²) < 4.78 is 9.76. The zero-order valence-corrected chi connectivity index (χ0v) is 15.3. The van der Waals surface area contributed by atoms with Gasteiger partial charge in [0.1, 0.15) is 12.2 Å². The van der Waals surface area contributed by atoms with E-state index in [0.717, 1.165) is 11.3 Å². The normalized spacial score (nSPS) is 10.0. The minimum atomic E-state index is -0.455. The van der Waals surface area contributed by atoms with E-state index in [1.807, 2.05) is 24.3 Å². The van der Waals surface area contributed by atoms with E-state index in [1.54, 1.807) is 19.2 Å². The third-order valence-electron chi connectivity index (χ3n) is 3.78. The van der Waals surface area contributed by atoms with Gasteiger partial charge in [-0.2, -0.15) is 0 Å². The van der Waals surface area contributed by atoms with Gasteiger partial charge in [-0.25, -0.2) is 4.79 Å². The number of carbonyl (C=O) groups excluding carboxylic acids is 3. The summed E-state index contributed by atoms with van der Waals surface area (Å²) in [6.45, 7) is 0.424. The first kappa shape index (κ1) is 20.0. The molecule has 27 heavy (non-hydrogen) atoms. The summed E-state index contributed by atoms with van der Waals surface area (Å²) in [5.74, 6) is -0.485. The molecule has 0 heterocycles. The fraction of sp³-hybridized carbons (Fsp3) is 0.250. The van der Waals surface area contributed by atoms with E-state index in [9.17, 15) is 14.4 Å². The quantitative estimate of drug-likeness (QED) is 0.549. The maximum atomic E-state index is 11.9. The Bertz CT molecular complexity index is 802. The van der Waals surface area contributed by atoms with Crippen molar-refractivity contribution in [3.05, 3.63) is 59.7 Å². The Hall–Kier alpha value is -3.35. The minimum Gasteiger partial charge on any atom is -0.497 e. The van der Waals surface area contributed by atoms with Gasteiger partial charge in [-0.05, 0) is 48.4 Å². The molecule has 7 heteroatoms. The fourth-order valence-electron chi connectivity index (χ4n) is 2.40. The van der Waals surface area contributed by atoms with Gasteiger partial charge in [-0.1, -0.05) is 12.1 Å². The molecule has 0 saturated carbocycles. The molecule has 2 amide bonds. The number of nitrogens with one attached hydrogen (secondary N) is 2. The van der Waals surface area contributed by atoms with E-state index < -0.39 is 11.9 Å². The maximum absolute atomic E-state index is 11.9. The second kappa shape index (κ2) is 9.96. The summed E-state index contributed by atoms with van der Waals surface area (Å²) in [6.07, 6.45) is 0.358. The highest BCUT2D eigenvalue weighted by Gasteiger charge is 2.10. The van der Waals surface area contributed by atoms with E-state index in [4.69, 9.17) is 4.74 Å². The van der Waals surface area contributed by atoms with Crippen LogP contribution in [0.15, 0.2) is 48.5 Å². The lowest BCUT2D eigenvalue weighted by atomic mass is 10.1. The van der Waals surface area contributed by atoms with Gasteiger partial charge in [0, 0.05) is 12.2 Å². The summed E-state index contributed by atoms with van der Waals surface area (Å²) in [7, 11) is 2.90. The molecule has 2 N–H and O–H groups in total. The molecule has 2 rings (SSSR count). The van der Waals surface area contributed by atoms with Gasteiger partial charge in [-0.3, -0.25) is 9.59 Å². The van der Waals surface area contributed by atoms with Gasteiger partial charge >= 0.3 is 5.97 Å². The Kier molecular flexibility index (Phi) is 7.37. The molecule has 7 nitrogen and oxygen atoms in total. The zero-order valence-electron chi connectivity index (χ0n) is 15.3. The number of esters is 1. The number of amides is 2. The molecule has 0 aliphatic carbocycles. The van der Waals surface area contributed by atoms with Crippen molar-refractivity contribution >= 4 is 23.5 Å². The van der Waals surface area contributed by atoms with Crippen LogP contribution in [-0.4, -0.2) is 38.5 Å². The lowest BCUT2D eigenvalue weighted by Crippen LogP contribution is -2.29. The molecule has 0 saturated heterocycles. The van der Waals surface area contributed by atoms with Crippen LogP contribution in [0.2, 0.25) is 0 Å². The molecule has 0 radical (unpaired) electrons. The van der Waals surface area contributed by atoms with Crippen LogP contribution in [0.25, 0.3) is 0 Å². The number of ether oxygens (including phenoxy) is 2.